The number of rotatable bonds is 3. The Balaban J connectivity index is 2.23. The average molecular weight is 350 g/mol. The van der Waals surface area contributed by atoms with Crippen LogP contribution >= 0.6 is 0 Å². The van der Waals surface area contributed by atoms with E-state index in [2.05, 4.69) is 15.6 Å². The Morgan fingerprint density at radius 3 is 2.78 bits per heavy atom. The summed E-state index contributed by atoms with van der Waals surface area (Å²) < 4.78 is 58.8. The van der Waals surface area contributed by atoms with Crippen molar-refractivity contribution in [2.24, 2.45) is 5.41 Å². The summed E-state index contributed by atoms with van der Waals surface area (Å²) >= 11 is 0. The maximum atomic E-state index is 13.2. The second kappa shape index (κ2) is 5.75. The summed E-state index contributed by atoms with van der Waals surface area (Å²) in [4.78, 5) is 16.0. The van der Waals surface area contributed by atoms with Crippen molar-refractivity contribution in [1.29, 1.82) is 4.78 Å². The van der Waals surface area contributed by atoms with Crippen LogP contribution in [0.15, 0.2) is 23.4 Å². The highest BCUT2D eigenvalue weighted by molar-refractivity contribution is 7.91. The van der Waals surface area contributed by atoms with Gasteiger partial charge in [0.2, 0.25) is 5.91 Å². The third-order valence-electron chi connectivity index (χ3n) is 3.94. The molecule has 0 spiro atoms. The summed E-state index contributed by atoms with van der Waals surface area (Å²) in [5.74, 6) is -0.827. The molecule has 1 aromatic heterocycles. The summed E-state index contributed by atoms with van der Waals surface area (Å²) in [7, 11) is -3.08. The molecule has 0 bridgehead atoms. The normalized spacial score (nSPS) is 27.4. The molecule has 3 N–H and O–H groups in total. The zero-order chi connectivity index (χ0) is 17.5. The fraction of sp³-hybridized carbons (Fsp3) is 0.538. The van der Waals surface area contributed by atoms with Gasteiger partial charge in [0.1, 0.15) is 11.1 Å². The van der Waals surface area contributed by atoms with Crippen molar-refractivity contribution in [1.82, 2.24) is 10.3 Å². The Morgan fingerprint density at radius 1 is 1.57 bits per heavy atom. The van der Waals surface area contributed by atoms with Gasteiger partial charge in [0.25, 0.3) is 0 Å². The highest BCUT2D eigenvalue weighted by atomic mass is 32.2. The first-order valence-electron chi connectivity index (χ1n) is 6.76. The van der Waals surface area contributed by atoms with Crippen molar-refractivity contribution in [2.45, 2.75) is 30.6 Å². The SMILES string of the molecule is CC1(C(F)(F)F)CCNC1C(=O)Nc1ccnc([S@](C)(=N)=O)c1. The van der Waals surface area contributed by atoms with Crippen LogP contribution < -0.4 is 10.6 Å². The number of carbonyl (C=O) groups excluding carboxylic acids is 1. The van der Waals surface area contributed by atoms with Gasteiger partial charge in [-0.25, -0.2) is 14.0 Å². The van der Waals surface area contributed by atoms with E-state index in [0.717, 1.165) is 6.92 Å². The molecule has 1 aromatic rings. The lowest BCUT2D eigenvalue weighted by molar-refractivity contribution is -0.219. The smallest absolute Gasteiger partial charge is 0.325 e. The van der Waals surface area contributed by atoms with Gasteiger partial charge in [-0.05, 0) is 32.0 Å². The topological polar surface area (TPSA) is 94.9 Å². The van der Waals surface area contributed by atoms with Gasteiger partial charge in [0, 0.05) is 18.1 Å². The summed E-state index contributed by atoms with van der Waals surface area (Å²) in [5.41, 5.74) is -2.00. The summed E-state index contributed by atoms with van der Waals surface area (Å²) in [6.07, 6.45) is -2.29. The van der Waals surface area contributed by atoms with Crippen molar-refractivity contribution >= 4 is 21.3 Å². The van der Waals surface area contributed by atoms with Crippen molar-refractivity contribution in [2.75, 3.05) is 18.1 Å². The Bertz CT molecular complexity index is 720. The van der Waals surface area contributed by atoms with Gasteiger partial charge in [-0.15, -0.1) is 0 Å². The predicted molar refractivity (Wildman–Crippen MR) is 78.5 cm³/mol. The van der Waals surface area contributed by atoms with Crippen LogP contribution in [-0.2, 0) is 14.5 Å². The zero-order valence-corrected chi connectivity index (χ0v) is 13.3. The number of alkyl halides is 3. The molecule has 1 aliphatic heterocycles. The Kier molecular flexibility index (Phi) is 4.42. The van der Waals surface area contributed by atoms with E-state index >= 15 is 0 Å². The predicted octanol–water partition coefficient (Wildman–Crippen LogP) is 1.99. The number of amides is 1. The lowest BCUT2D eigenvalue weighted by Crippen LogP contribution is -2.51. The van der Waals surface area contributed by atoms with Crippen molar-refractivity contribution in [3.8, 4) is 0 Å². The number of pyridine rings is 1. The number of hydrogen-bond donors (Lipinski definition) is 3. The Morgan fingerprint density at radius 2 is 2.22 bits per heavy atom. The molecular weight excluding hydrogens is 333 g/mol. The van der Waals surface area contributed by atoms with E-state index in [-0.39, 0.29) is 23.7 Å². The average Bonchev–Trinajstić information content (AvgIpc) is 2.81. The molecule has 1 amide bonds. The number of carbonyl (C=O) groups is 1. The van der Waals surface area contributed by atoms with Gasteiger partial charge >= 0.3 is 6.18 Å². The van der Waals surface area contributed by atoms with Crippen LogP contribution in [0.3, 0.4) is 0 Å². The summed E-state index contributed by atoms with van der Waals surface area (Å²) in [6.45, 7) is 1.10. The van der Waals surface area contributed by atoms with Crippen molar-refractivity contribution in [3.05, 3.63) is 18.3 Å². The lowest BCUT2D eigenvalue weighted by atomic mass is 9.81. The second-order valence-electron chi connectivity index (χ2n) is 5.77. The molecular formula is C13H17F3N4O2S. The van der Waals surface area contributed by atoms with E-state index < -0.39 is 33.3 Å². The minimum atomic E-state index is -4.51. The number of aromatic nitrogens is 1. The van der Waals surface area contributed by atoms with Crippen LogP contribution in [0.2, 0.25) is 0 Å². The zero-order valence-electron chi connectivity index (χ0n) is 12.5. The fourth-order valence-electron chi connectivity index (χ4n) is 2.45. The number of nitrogens with zero attached hydrogens (tertiary/aromatic N) is 1. The number of halogens is 3. The molecule has 3 atom stereocenters. The molecule has 23 heavy (non-hydrogen) atoms. The molecule has 1 saturated heterocycles. The highest BCUT2D eigenvalue weighted by Crippen LogP contribution is 2.46. The minimum Gasteiger partial charge on any atom is -0.325 e. The van der Waals surface area contributed by atoms with Crippen LogP contribution in [0.25, 0.3) is 0 Å². The largest absolute Gasteiger partial charge is 0.396 e. The van der Waals surface area contributed by atoms with Crippen LogP contribution in [0.4, 0.5) is 18.9 Å². The van der Waals surface area contributed by atoms with Crippen molar-refractivity contribution < 1.29 is 22.2 Å². The van der Waals surface area contributed by atoms with Crippen molar-refractivity contribution in [3.63, 3.8) is 0 Å². The molecule has 6 nitrogen and oxygen atoms in total. The van der Waals surface area contributed by atoms with E-state index in [9.17, 15) is 22.2 Å². The van der Waals surface area contributed by atoms with Gasteiger partial charge in [-0.2, -0.15) is 13.2 Å². The molecule has 1 aliphatic rings. The molecule has 2 unspecified atom stereocenters. The van der Waals surface area contributed by atoms with Gasteiger partial charge in [0.15, 0.2) is 0 Å². The first-order valence-corrected chi connectivity index (χ1v) is 8.72. The molecule has 2 rings (SSSR count). The Labute approximate surface area is 131 Å². The van der Waals surface area contributed by atoms with Gasteiger partial charge < -0.3 is 10.6 Å². The van der Waals surface area contributed by atoms with Crippen LogP contribution in [-0.4, -0.2) is 40.1 Å². The molecule has 128 valence electrons. The maximum Gasteiger partial charge on any atom is 0.396 e. The summed E-state index contributed by atoms with van der Waals surface area (Å²) in [5, 5.41) is 4.90. The molecule has 1 fully saturated rings. The van der Waals surface area contributed by atoms with Crippen LogP contribution in [0.1, 0.15) is 13.3 Å². The monoisotopic (exact) mass is 350 g/mol. The van der Waals surface area contributed by atoms with Gasteiger partial charge in [0.05, 0.1) is 15.1 Å². The lowest BCUT2D eigenvalue weighted by Gasteiger charge is -2.32. The van der Waals surface area contributed by atoms with Crippen LogP contribution in [0.5, 0.6) is 0 Å². The van der Waals surface area contributed by atoms with Gasteiger partial charge in [-0.1, -0.05) is 0 Å². The van der Waals surface area contributed by atoms with E-state index in [4.69, 9.17) is 4.78 Å². The Hall–Kier alpha value is -1.68. The molecule has 10 heteroatoms. The van der Waals surface area contributed by atoms with E-state index in [1.165, 1.54) is 24.6 Å². The second-order valence-corrected chi connectivity index (χ2v) is 7.87. The number of nitrogens with one attached hydrogen (secondary N) is 3. The van der Waals surface area contributed by atoms with E-state index in [1.54, 1.807) is 0 Å². The number of hydrogen-bond acceptors (Lipinski definition) is 5. The molecule has 0 radical (unpaired) electrons. The summed E-state index contributed by atoms with van der Waals surface area (Å²) in [6, 6.07) is 1.18. The number of anilines is 1. The minimum absolute atomic E-state index is 0.0479. The third-order valence-corrected chi connectivity index (χ3v) is 4.96. The standard InChI is InChI=1S/C13H17F3N4O2S/c1-12(13(14,15)16)4-6-19-10(12)11(21)20-8-3-5-18-9(7-8)23(2,17)22/h3,5,7,10,17,19H,4,6H2,1-2H3,(H,18,20,21)/t10?,12?,23-/m1/s1. The molecule has 0 saturated carbocycles. The first-order chi connectivity index (χ1) is 10.4. The maximum absolute atomic E-state index is 13.2. The van der Waals surface area contributed by atoms with E-state index in [1.807, 2.05) is 0 Å². The van der Waals surface area contributed by atoms with Gasteiger partial charge in [-0.3, -0.25) is 4.79 Å². The molecule has 2 heterocycles. The highest BCUT2D eigenvalue weighted by Gasteiger charge is 2.60. The quantitative estimate of drug-likeness (QED) is 0.777. The first kappa shape index (κ1) is 17.7. The van der Waals surface area contributed by atoms with E-state index in [0.29, 0.717) is 0 Å². The molecule has 0 aliphatic carbocycles. The molecule has 0 aromatic carbocycles. The third kappa shape index (κ3) is 3.47. The fourth-order valence-corrected chi connectivity index (χ4v) is 3.06. The van der Waals surface area contributed by atoms with Crippen LogP contribution in [0, 0.1) is 10.2 Å².